The number of nitrogen functional groups attached to an aromatic ring is 1. The SMILES string of the molecule is CC.CC(C)C1CCCc2ccc(N)c(C#N)c21. The second kappa shape index (κ2) is 6.44. The number of hydrogen-bond acceptors (Lipinski definition) is 2. The van der Waals surface area contributed by atoms with Gasteiger partial charge in [0.1, 0.15) is 6.07 Å². The van der Waals surface area contributed by atoms with Crippen molar-refractivity contribution in [2.45, 2.75) is 52.9 Å². The molecule has 2 rings (SSSR count). The molecule has 98 valence electrons. The van der Waals surface area contributed by atoms with Crippen molar-refractivity contribution in [3.05, 3.63) is 28.8 Å². The zero-order valence-electron chi connectivity index (χ0n) is 12.0. The topological polar surface area (TPSA) is 49.8 Å². The van der Waals surface area contributed by atoms with Crippen LogP contribution in [-0.2, 0) is 6.42 Å². The summed E-state index contributed by atoms with van der Waals surface area (Å²) in [4.78, 5) is 0. The van der Waals surface area contributed by atoms with Crippen molar-refractivity contribution < 1.29 is 0 Å². The number of aryl methyl sites for hydroxylation is 1. The van der Waals surface area contributed by atoms with Crippen molar-refractivity contribution in [1.29, 1.82) is 5.26 Å². The molecular formula is C16H24N2. The minimum atomic E-state index is 0.502. The van der Waals surface area contributed by atoms with Crippen LogP contribution in [0.4, 0.5) is 5.69 Å². The van der Waals surface area contributed by atoms with Crippen LogP contribution < -0.4 is 5.73 Å². The Morgan fingerprint density at radius 1 is 1.33 bits per heavy atom. The molecule has 2 heteroatoms. The van der Waals surface area contributed by atoms with Crippen LogP contribution in [0.3, 0.4) is 0 Å². The fourth-order valence-electron chi connectivity index (χ4n) is 2.77. The standard InChI is InChI=1S/C14H18N2.C2H6/c1-9(2)11-5-3-4-10-6-7-13(16)12(8-15)14(10)11;1-2/h6-7,9,11H,3-5,16H2,1-2H3;1-2H3. The maximum Gasteiger partial charge on any atom is 0.102 e. The second-order valence-electron chi connectivity index (χ2n) is 4.96. The molecule has 18 heavy (non-hydrogen) atoms. The molecular weight excluding hydrogens is 220 g/mol. The molecule has 1 atom stereocenters. The minimum Gasteiger partial charge on any atom is -0.398 e. The van der Waals surface area contributed by atoms with Gasteiger partial charge >= 0.3 is 0 Å². The van der Waals surface area contributed by atoms with Crippen molar-refractivity contribution in [3.8, 4) is 6.07 Å². The van der Waals surface area contributed by atoms with Crippen molar-refractivity contribution in [2.75, 3.05) is 5.73 Å². The Balaban J connectivity index is 0.000000771. The molecule has 1 aromatic rings. The van der Waals surface area contributed by atoms with Crippen LogP contribution in [0.25, 0.3) is 0 Å². The van der Waals surface area contributed by atoms with Gasteiger partial charge in [-0.15, -0.1) is 0 Å². The monoisotopic (exact) mass is 244 g/mol. The molecule has 2 nitrogen and oxygen atoms in total. The molecule has 0 bridgehead atoms. The summed E-state index contributed by atoms with van der Waals surface area (Å²) in [5.41, 5.74) is 9.80. The molecule has 0 saturated carbocycles. The third-order valence-electron chi connectivity index (χ3n) is 3.62. The van der Waals surface area contributed by atoms with E-state index in [-0.39, 0.29) is 0 Å². The Hall–Kier alpha value is -1.49. The smallest absolute Gasteiger partial charge is 0.102 e. The summed E-state index contributed by atoms with van der Waals surface area (Å²) in [6, 6.07) is 6.26. The lowest BCUT2D eigenvalue weighted by Gasteiger charge is -2.29. The third kappa shape index (κ3) is 2.67. The van der Waals surface area contributed by atoms with E-state index in [4.69, 9.17) is 5.73 Å². The van der Waals surface area contributed by atoms with E-state index in [2.05, 4.69) is 26.0 Å². The Labute approximate surface area is 111 Å². The molecule has 0 fully saturated rings. The summed E-state index contributed by atoms with van der Waals surface area (Å²) in [5.74, 6) is 1.08. The van der Waals surface area contributed by atoms with Gasteiger partial charge in [0, 0.05) is 5.69 Å². The van der Waals surface area contributed by atoms with Gasteiger partial charge in [0.2, 0.25) is 0 Å². The summed E-state index contributed by atoms with van der Waals surface area (Å²) >= 11 is 0. The summed E-state index contributed by atoms with van der Waals surface area (Å²) in [7, 11) is 0. The number of hydrogen-bond donors (Lipinski definition) is 1. The van der Waals surface area contributed by atoms with Gasteiger partial charge in [-0.25, -0.2) is 0 Å². The van der Waals surface area contributed by atoms with Crippen LogP contribution >= 0.6 is 0 Å². The highest BCUT2D eigenvalue weighted by Crippen LogP contribution is 2.40. The average Bonchev–Trinajstić information content (AvgIpc) is 2.40. The van der Waals surface area contributed by atoms with Crippen LogP contribution in [0.2, 0.25) is 0 Å². The van der Waals surface area contributed by atoms with Crippen molar-refractivity contribution in [1.82, 2.24) is 0 Å². The van der Waals surface area contributed by atoms with Gasteiger partial charge in [-0.3, -0.25) is 0 Å². The lowest BCUT2D eigenvalue weighted by molar-refractivity contribution is 0.433. The molecule has 0 radical (unpaired) electrons. The fraction of sp³-hybridized carbons (Fsp3) is 0.562. The van der Waals surface area contributed by atoms with Crippen LogP contribution in [0.1, 0.15) is 63.1 Å². The lowest BCUT2D eigenvalue weighted by atomic mass is 9.75. The van der Waals surface area contributed by atoms with E-state index in [1.54, 1.807) is 0 Å². The Bertz CT molecular complexity index is 441. The Morgan fingerprint density at radius 3 is 2.56 bits per heavy atom. The first kappa shape index (κ1) is 14.6. The predicted molar refractivity (Wildman–Crippen MR) is 77.4 cm³/mol. The largest absolute Gasteiger partial charge is 0.398 e. The molecule has 0 amide bonds. The van der Waals surface area contributed by atoms with Gasteiger partial charge in [-0.2, -0.15) is 5.26 Å². The maximum atomic E-state index is 9.24. The summed E-state index contributed by atoms with van der Waals surface area (Å²) < 4.78 is 0. The quantitative estimate of drug-likeness (QED) is 0.751. The van der Waals surface area contributed by atoms with Crippen molar-refractivity contribution in [3.63, 3.8) is 0 Å². The Morgan fingerprint density at radius 2 is 2.00 bits per heavy atom. The predicted octanol–water partition coefficient (Wildman–Crippen LogP) is 4.24. The van der Waals surface area contributed by atoms with Crippen molar-refractivity contribution >= 4 is 5.69 Å². The normalized spacial score (nSPS) is 17.4. The molecule has 1 aliphatic carbocycles. The number of anilines is 1. The first-order valence-corrected chi connectivity index (χ1v) is 6.96. The average molecular weight is 244 g/mol. The van der Waals surface area contributed by atoms with Gasteiger partial charge in [0.25, 0.3) is 0 Å². The van der Waals surface area contributed by atoms with Gasteiger partial charge in [-0.05, 0) is 48.3 Å². The first-order chi connectivity index (χ1) is 8.65. The molecule has 1 unspecified atom stereocenters. The highest BCUT2D eigenvalue weighted by molar-refractivity contribution is 5.61. The number of nitrogens with two attached hydrogens (primary N) is 1. The highest BCUT2D eigenvalue weighted by Gasteiger charge is 2.26. The van der Waals surface area contributed by atoms with E-state index in [0.29, 0.717) is 17.5 Å². The minimum absolute atomic E-state index is 0.502. The van der Waals surface area contributed by atoms with E-state index >= 15 is 0 Å². The van der Waals surface area contributed by atoms with E-state index < -0.39 is 0 Å². The zero-order chi connectivity index (χ0) is 13.7. The number of nitriles is 1. The summed E-state index contributed by atoms with van der Waals surface area (Å²) in [6.45, 7) is 8.45. The second-order valence-corrected chi connectivity index (χ2v) is 4.96. The van der Waals surface area contributed by atoms with Crippen LogP contribution in [0, 0.1) is 17.2 Å². The van der Waals surface area contributed by atoms with Crippen LogP contribution in [0.15, 0.2) is 12.1 Å². The molecule has 0 aromatic heterocycles. The Kier molecular flexibility index (Phi) is 5.22. The first-order valence-electron chi connectivity index (χ1n) is 6.96. The summed E-state index contributed by atoms with van der Waals surface area (Å²) in [5, 5.41) is 9.24. The van der Waals surface area contributed by atoms with Crippen LogP contribution in [0.5, 0.6) is 0 Å². The molecule has 1 aromatic carbocycles. The van der Waals surface area contributed by atoms with Gasteiger partial charge in [-0.1, -0.05) is 33.8 Å². The maximum absolute atomic E-state index is 9.24. The summed E-state index contributed by atoms with van der Waals surface area (Å²) in [6.07, 6.45) is 3.50. The van der Waals surface area contributed by atoms with Gasteiger partial charge < -0.3 is 5.73 Å². The molecule has 0 saturated heterocycles. The molecule has 2 N–H and O–H groups in total. The molecule has 1 aliphatic rings. The zero-order valence-corrected chi connectivity index (χ0v) is 12.0. The molecule has 0 heterocycles. The number of benzene rings is 1. The van der Waals surface area contributed by atoms with E-state index in [9.17, 15) is 5.26 Å². The lowest BCUT2D eigenvalue weighted by Crippen LogP contribution is -2.17. The number of fused-ring (bicyclic) bond motifs is 1. The van der Waals surface area contributed by atoms with Crippen molar-refractivity contribution in [2.24, 2.45) is 5.92 Å². The molecule has 0 spiro atoms. The third-order valence-corrected chi connectivity index (χ3v) is 3.62. The number of nitrogens with zero attached hydrogens (tertiary/aromatic N) is 1. The van der Waals surface area contributed by atoms with E-state index in [0.717, 1.165) is 12.0 Å². The molecule has 0 aliphatic heterocycles. The highest BCUT2D eigenvalue weighted by atomic mass is 14.6. The van der Waals surface area contributed by atoms with Crippen LogP contribution in [-0.4, -0.2) is 0 Å². The van der Waals surface area contributed by atoms with E-state index in [1.807, 2.05) is 19.9 Å². The van der Waals surface area contributed by atoms with Gasteiger partial charge in [0.05, 0.1) is 5.56 Å². The van der Waals surface area contributed by atoms with E-state index in [1.165, 1.54) is 24.0 Å². The van der Waals surface area contributed by atoms with Gasteiger partial charge in [0.15, 0.2) is 0 Å². The fourth-order valence-corrected chi connectivity index (χ4v) is 2.77. The number of rotatable bonds is 1.